The molecule has 4 rings (SSSR count). The van der Waals surface area contributed by atoms with Gasteiger partial charge in [-0.3, -0.25) is 4.68 Å². The molecule has 0 fully saturated rings. The Bertz CT molecular complexity index is 984. The van der Waals surface area contributed by atoms with Crippen LogP contribution in [-0.2, 0) is 7.05 Å². The fraction of sp³-hybridized carbons (Fsp3) is 0.143. The molecule has 0 saturated carbocycles. The number of anilines is 1. The summed E-state index contributed by atoms with van der Waals surface area (Å²) in [5.41, 5.74) is 8.60. The fourth-order valence-electron chi connectivity index (χ4n) is 2.35. The standard InChI is InChI=1S/C14H12N6S/c1-7-17-10-5-8(3-4-11(10)21-7)13-18-12(15)9-6-16-20(2)14(9)19-13/h3-6H,1-2H3,(H2,15,18,19). The van der Waals surface area contributed by atoms with E-state index in [1.54, 1.807) is 22.2 Å². The predicted molar refractivity (Wildman–Crippen MR) is 84.1 cm³/mol. The van der Waals surface area contributed by atoms with E-state index in [2.05, 4.69) is 20.1 Å². The molecule has 104 valence electrons. The van der Waals surface area contributed by atoms with E-state index in [0.29, 0.717) is 11.6 Å². The van der Waals surface area contributed by atoms with Crippen molar-refractivity contribution in [3.63, 3.8) is 0 Å². The maximum Gasteiger partial charge on any atom is 0.164 e. The number of fused-ring (bicyclic) bond motifs is 2. The van der Waals surface area contributed by atoms with Gasteiger partial charge in [-0.05, 0) is 25.1 Å². The molecule has 4 aromatic rings. The van der Waals surface area contributed by atoms with Crippen molar-refractivity contribution in [2.45, 2.75) is 6.92 Å². The number of nitrogens with zero attached hydrogens (tertiary/aromatic N) is 5. The molecule has 0 bridgehead atoms. The second-order valence-corrected chi connectivity index (χ2v) is 6.09. The molecule has 21 heavy (non-hydrogen) atoms. The second kappa shape index (κ2) is 4.23. The quantitative estimate of drug-likeness (QED) is 0.583. The fourth-order valence-corrected chi connectivity index (χ4v) is 3.16. The van der Waals surface area contributed by atoms with Gasteiger partial charge < -0.3 is 5.73 Å². The van der Waals surface area contributed by atoms with Crippen LogP contribution in [0.1, 0.15) is 5.01 Å². The Morgan fingerprint density at radius 3 is 2.90 bits per heavy atom. The first kappa shape index (κ1) is 12.2. The van der Waals surface area contributed by atoms with Crippen molar-refractivity contribution in [3.8, 4) is 11.4 Å². The van der Waals surface area contributed by atoms with Gasteiger partial charge in [-0.15, -0.1) is 11.3 Å². The number of aryl methyl sites for hydroxylation is 2. The van der Waals surface area contributed by atoms with E-state index < -0.39 is 0 Å². The van der Waals surface area contributed by atoms with Gasteiger partial charge in [0, 0.05) is 12.6 Å². The smallest absolute Gasteiger partial charge is 0.164 e. The van der Waals surface area contributed by atoms with Crippen LogP contribution < -0.4 is 5.73 Å². The van der Waals surface area contributed by atoms with Gasteiger partial charge >= 0.3 is 0 Å². The molecule has 0 radical (unpaired) electrons. The number of aromatic nitrogens is 5. The SMILES string of the molecule is Cc1nc2cc(-c3nc(N)c4cnn(C)c4n3)ccc2s1. The minimum absolute atomic E-state index is 0.442. The van der Waals surface area contributed by atoms with E-state index in [1.165, 1.54) is 0 Å². The Morgan fingerprint density at radius 2 is 2.05 bits per heavy atom. The number of nitrogens with two attached hydrogens (primary N) is 1. The molecular weight excluding hydrogens is 284 g/mol. The van der Waals surface area contributed by atoms with Crippen molar-refractivity contribution in [3.05, 3.63) is 29.4 Å². The highest BCUT2D eigenvalue weighted by Gasteiger charge is 2.11. The highest BCUT2D eigenvalue weighted by Crippen LogP contribution is 2.28. The molecule has 0 amide bonds. The van der Waals surface area contributed by atoms with Gasteiger partial charge in [0.2, 0.25) is 0 Å². The summed E-state index contributed by atoms with van der Waals surface area (Å²) in [4.78, 5) is 13.5. The molecule has 3 heterocycles. The van der Waals surface area contributed by atoms with Crippen molar-refractivity contribution in [1.82, 2.24) is 24.7 Å². The Labute approximate surface area is 124 Å². The molecule has 0 aliphatic carbocycles. The third-order valence-corrected chi connectivity index (χ3v) is 4.33. The van der Waals surface area contributed by atoms with Gasteiger partial charge in [-0.1, -0.05) is 0 Å². The molecule has 7 heteroatoms. The van der Waals surface area contributed by atoms with E-state index in [0.717, 1.165) is 31.8 Å². The van der Waals surface area contributed by atoms with Crippen molar-refractivity contribution in [1.29, 1.82) is 0 Å². The number of hydrogen-bond acceptors (Lipinski definition) is 6. The summed E-state index contributed by atoms with van der Waals surface area (Å²) < 4.78 is 2.85. The highest BCUT2D eigenvalue weighted by molar-refractivity contribution is 7.18. The monoisotopic (exact) mass is 296 g/mol. The maximum atomic E-state index is 6.01. The summed E-state index contributed by atoms with van der Waals surface area (Å²) in [5, 5.41) is 5.98. The molecule has 0 saturated heterocycles. The zero-order valence-corrected chi connectivity index (χ0v) is 12.3. The van der Waals surface area contributed by atoms with Crippen LogP contribution in [0.3, 0.4) is 0 Å². The van der Waals surface area contributed by atoms with Gasteiger partial charge in [-0.25, -0.2) is 15.0 Å². The first-order chi connectivity index (χ1) is 10.1. The number of hydrogen-bond donors (Lipinski definition) is 1. The molecule has 2 N–H and O–H groups in total. The van der Waals surface area contributed by atoms with Gasteiger partial charge in [0.1, 0.15) is 5.82 Å². The number of nitrogen functional groups attached to an aromatic ring is 1. The minimum Gasteiger partial charge on any atom is -0.383 e. The normalized spacial score (nSPS) is 11.5. The van der Waals surface area contributed by atoms with Crippen LogP contribution in [0.4, 0.5) is 5.82 Å². The summed E-state index contributed by atoms with van der Waals surface area (Å²) >= 11 is 1.67. The van der Waals surface area contributed by atoms with E-state index >= 15 is 0 Å². The van der Waals surface area contributed by atoms with E-state index in [9.17, 15) is 0 Å². The molecule has 6 nitrogen and oxygen atoms in total. The lowest BCUT2D eigenvalue weighted by Gasteiger charge is -2.03. The average molecular weight is 296 g/mol. The van der Waals surface area contributed by atoms with Crippen LogP contribution in [0, 0.1) is 6.92 Å². The lowest BCUT2D eigenvalue weighted by atomic mass is 10.2. The lowest BCUT2D eigenvalue weighted by molar-refractivity contribution is 0.786. The summed E-state index contributed by atoms with van der Waals surface area (Å²) in [6, 6.07) is 6.04. The Kier molecular flexibility index (Phi) is 2.46. The van der Waals surface area contributed by atoms with Crippen LogP contribution in [0.25, 0.3) is 32.6 Å². The number of thiazole rings is 1. The minimum atomic E-state index is 0.442. The first-order valence-corrected chi connectivity index (χ1v) is 7.26. The second-order valence-electron chi connectivity index (χ2n) is 4.85. The van der Waals surface area contributed by atoms with Gasteiger partial charge in [0.05, 0.1) is 26.8 Å². The van der Waals surface area contributed by atoms with Crippen LogP contribution >= 0.6 is 11.3 Å². The lowest BCUT2D eigenvalue weighted by Crippen LogP contribution is -1.99. The van der Waals surface area contributed by atoms with E-state index in [4.69, 9.17) is 5.73 Å². The summed E-state index contributed by atoms with van der Waals surface area (Å²) in [5.74, 6) is 1.04. The van der Waals surface area contributed by atoms with Crippen LogP contribution in [0.15, 0.2) is 24.4 Å². The summed E-state index contributed by atoms with van der Waals surface area (Å²) in [7, 11) is 1.84. The van der Waals surface area contributed by atoms with Crippen molar-refractivity contribution >= 4 is 38.4 Å². The predicted octanol–water partition coefficient (Wildman–Crippen LogP) is 2.53. The Hall–Kier alpha value is -2.54. The molecule has 0 unspecified atom stereocenters. The molecule has 0 aliphatic heterocycles. The zero-order chi connectivity index (χ0) is 14.6. The van der Waals surface area contributed by atoms with Crippen LogP contribution in [-0.4, -0.2) is 24.7 Å². The maximum absolute atomic E-state index is 6.01. The zero-order valence-electron chi connectivity index (χ0n) is 11.5. The summed E-state index contributed by atoms with van der Waals surface area (Å²) in [6.07, 6.45) is 1.68. The first-order valence-electron chi connectivity index (χ1n) is 6.44. The Morgan fingerprint density at radius 1 is 1.19 bits per heavy atom. The number of benzene rings is 1. The molecule has 3 aromatic heterocycles. The van der Waals surface area contributed by atoms with Gasteiger partial charge in [-0.2, -0.15) is 5.10 Å². The molecular formula is C14H12N6S. The van der Waals surface area contributed by atoms with Crippen LogP contribution in [0.5, 0.6) is 0 Å². The Balaban J connectivity index is 1.96. The summed E-state index contributed by atoms with van der Waals surface area (Å²) in [6.45, 7) is 2.00. The van der Waals surface area contributed by atoms with Gasteiger partial charge in [0.25, 0.3) is 0 Å². The van der Waals surface area contributed by atoms with Gasteiger partial charge in [0.15, 0.2) is 11.5 Å². The van der Waals surface area contributed by atoms with E-state index in [1.807, 2.05) is 32.2 Å². The van der Waals surface area contributed by atoms with E-state index in [-0.39, 0.29) is 0 Å². The molecule has 0 atom stereocenters. The average Bonchev–Trinajstić information content (AvgIpc) is 3.01. The molecule has 1 aromatic carbocycles. The van der Waals surface area contributed by atoms with Crippen LogP contribution in [0.2, 0.25) is 0 Å². The largest absolute Gasteiger partial charge is 0.383 e. The third kappa shape index (κ3) is 1.85. The third-order valence-electron chi connectivity index (χ3n) is 3.37. The van der Waals surface area contributed by atoms with Crippen molar-refractivity contribution < 1.29 is 0 Å². The molecule has 0 aliphatic rings. The number of rotatable bonds is 1. The van der Waals surface area contributed by atoms with Crippen molar-refractivity contribution in [2.75, 3.05) is 5.73 Å². The topological polar surface area (TPSA) is 82.5 Å². The van der Waals surface area contributed by atoms with Crippen molar-refractivity contribution in [2.24, 2.45) is 7.05 Å². The molecule has 0 spiro atoms. The highest BCUT2D eigenvalue weighted by atomic mass is 32.1.